The second kappa shape index (κ2) is 8.63. The van der Waals surface area contributed by atoms with Gasteiger partial charge in [0, 0.05) is 10.9 Å². The van der Waals surface area contributed by atoms with Crippen molar-refractivity contribution in [2.45, 2.75) is 45.4 Å². The van der Waals surface area contributed by atoms with Crippen LogP contribution < -0.4 is 4.74 Å². The number of carbonyl (C=O) groups is 1. The monoisotopic (exact) mass is 366 g/mol. The van der Waals surface area contributed by atoms with Crippen molar-refractivity contribution in [3.8, 4) is 17.1 Å². The molecule has 118 valence electrons. The number of aromatic nitrogens is 4. The van der Waals surface area contributed by atoms with E-state index in [9.17, 15) is 4.79 Å². The summed E-state index contributed by atoms with van der Waals surface area (Å²) in [6, 6.07) is 5.36. The molecule has 22 heavy (non-hydrogen) atoms. The Morgan fingerprint density at radius 1 is 1.27 bits per heavy atom. The van der Waals surface area contributed by atoms with Crippen molar-refractivity contribution in [1.29, 1.82) is 0 Å². The molecule has 1 N–H and O–H groups in total. The molecule has 0 bridgehead atoms. The van der Waals surface area contributed by atoms with Gasteiger partial charge in [0.05, 0.1) is 5.56 Å². The number of nitrogens with one attached hydrogen (secondary N) is 1. The lowest BCUT2D eigenvalue weighted by Crippen LogP contribution is -2.08. The number of nitrogens with zero attached hydrogens (tertiary/aromatic N) is 3. The van der Waals surface area contributed by atoms with Gasteiger partial charge in [-0.05, 0) is 35.0 Å². The number of rotatable bonds is 8. The quantitative estimate of drug-likeness (QED) is 0.435. The van der Waals surface area contributed by atoms with Gasteiger partial charge in [-0.3, -0.25) is 4.79 Å². The Balaban J connectivity index is 1.96. The van der Waals surface area contributed by atoms with E-state index in [1.807, 2.05) is 12.1 Å². The number of hydrogen-bond acceptors (Lipinski definition) is 5. The number of tetrazole rings is 1. The maximum absolute atomic E-state index is 12.0. The number of carbonyl (C=O) groups excluding carboxylic acids is 1. The van der Waals surface area contributed by atoms with Crippen LogP contribution in [0.3, 0.4) is 0 Å². The summed E-state index contributed by atoms with van der Waals surface area (Å²) >= 11 is 3.39. The number of aromatic amines is 1. The first-order valence-corrected chi connectivity index (χ1v) is 8.24. The van der Waals surface area contributed by atoms with Crippen molar-refractivity contribution in [3.63, 3.8) is 0 Å². The van der Waals surface area contributed by atoms with E-state index in [2.05, 4.69) is 43.5 Å². The molecule has 0 saturated carbocycles. The summed E-state index contributed by atoms with van der Waals surface area (Å²) in [5, 5.41) is 13.6. The van der Waals surface area contributed by atoms with Crippen LogP contribution >= 0.6 is 15.9 Å². The average Bonchev–Trinajstić information content (AvgIpc) is 3.03. The van der Waals surface area contributed by atoms with Crippen LogP contribution in [0.25, 0.3) is 11.4 Å². The van der Waals surface area contributed by atoms with Crippen molar-refractivity contribution in [3.05, 3.63) is 22.7 Å². The molecule has 2 aromatic rings. The number of ether oxygens (including phenoxy) is 1. The summed E-state index contributed by atoms with van der Waals surface area (Å²) in [6.07, 6.45) is 5.91. The average molecular weight is 367 g/mol. The number of esters is 1. The summed E-state index contributed by atoms with van der Waals surface area (Å²) in [5.41, 5.74) is 0.652. The van der Waals surface area contributed by atoms with Crippen LogP contribution in [0, 0.1) is 0 Å². The van der Waals surface area contributed by atoms with E-state index in [0.29, 0.717) is 23.6 Å². The molecule has 2 rings (SSSR count). The first-order valence-electron chi connectivity index (χ1n) is 7.45. The number of halogens is 1. The van der Waals surface area contributed by atoms with Gasteiger partial charge in [-0.1, -0.05) is 48.5 Å². The van der Waals surface area contributed by atoms with Gasteiger partial charge in [0.1, 0.15) is 5.75 Å². The molecule has 7 heteroatoms. The summed E-state index contributed by atoms with van der Waals surface area (Å²) in [4.78, 5) is 12.0. The fourth-order valence-corrected chi connectivity index (χ4v) is 2.46. The Hall–Kier alpha value is -1.76. The lowest BCUT2D eigenvalue weighted by Gasteiger charge is -2.08. The van der Waals surface area contributed by atoms with Crippen molar-refractivity contribution in [2.24, 2.45) is 0 Å². The fourth-order valence-electron chi connectivity index (χ4n) is 2.10. The molecule has 6 nitrogen and oxygen atoms in total. The summed E-state index contributed by atoms with van der Waals surface area (Å²) in [5.74, 6) is 0.694. The highest BCUT2D eigenvalue weighted by Gasteiger charge is 2.14. The highest BCUT2D eigenvalue weighted by Crippen LogP contribution is 2.30. The Morgan fingerprint density at radius 3 is 2.82 bits per heavy atom. The number of H-pyrrole nitrogens is 1. The second-order valence-corrected chi connectivity index (χ2v) is 5.94. The Morgan fingerprint density at radius 2 is 2.09 bits per heavy atom. The van der Waals surface area contributed by atoms with E-state index in [0.717, 1.165) is 23.7 Å². The molecule has 0 spiro atoms. The molecule has 0 radical (unpaired) electrons. The largest absolute Gasteiger partial charge is 0.426 e. The first-order chi connectivity index (χ1) is 10.7. The van der Waals surface area contributed by atoms with Gasteiger partial charge in [-0.25, -0.2) is 5.10 Å². The van der Waals surface area contributed by atoms with E-state index in [-0.39, 0.29) is 5.97 Å². The van der Waals surface area contributed by atoms with Crippen molar-refractivity contribution >= 4 is 21.9 Å². The van der Waals surface area contributed by atoms with E-state index in [1.54, 1.807) is 6.07 Å². The third-order valence-corrected chi connectivity index (χ3v) is 3.74. The van der Waals surface area contributed by atoms with Crippen molar-refractivity contribution < 1.29 is 9.53 Å². The van der Waals surface area contributed by atoms with Crippen molar-refractivity contribution in [1.82, 2.24) is 20.6 Å². The Kier molecular flexibility index (Phi) is 6.51. The molecule has 1 aromatic carbocycles. The van der Waals surface area contributed by atoms with Crippen LogP contribution in [0.4, 0.5) is 0 Å². The molecule has 1 heterocycles. The molecule has 0 atom stereocenters. The van der Waals surface area contributed by atoms with E-state index in [1.165, 1.54) is 12.8 Å². The molecule has 0 unspecified atom stereocenters. The molecule has 0 aliphatic heterocycles. The van der Waals surface area contributed by atoms with Crippen LogP contribution in [0.2, 0.25) is 0 Å². The Labute approximate surface area is 137 Å². The maximum Gasteiger partial charge on any atom is 0.311 e. The first kappa shape index (κ1) is 16.6. The predicted molar refractivity (Wildman–Crippen MR) is 86.3 cm³/mol. The molecule has 1 aromatic heterocycles. The smallest absolute Gasteiger partial charge is 0.311 e. The third kappa shape index (κ3) is 4.91. The summed E-state index contributed by atoms with van der Waals surface area (Å²) in [6.45, 7) is 2.17. The van der Waals surface area contributed by atoms with E-state index >= 15 is 0 Å². The minimum absolute atomic E-state index is 0.229. The minimum atomic E-state index is -0.229. The topological polar surface area (TPSA) is 80.8 Å². The molecule has 0 aliphatic rings. The number of benzene rings is 1. The lowest BCUT2D eigenvalue weighted by atomic mass is 10.1. The lowest BCUT2D eigenvalue weighted by molar-refractivity contribution is -0.134. The van der Waals surface area contributed by atoms with E-state index in [4.69, 9.17) is 4.74 Å². The molecular weight excluding hydrogens is 348 g/mol. The van der Waals surface area contributed by atoms with Gasteiger partial charge in [0.25, 0.3) is 0 Å². The zero-order chi connectivity index (χ0) is 15.8. The Bertz CT molecular complexity index is 602. The zero-order valence-corrected chi connectivity index (χ0v) is 14.1. The predicted octanol–water partition coefficient (Wildman–Crippen LogP) is 3.90. The maximum atomic E-state index is 12.0. The van der Waals surface area contributed by atoms with Gasteiger partial charge in [0.15, 0.2) is 5.82 Å². The van der Waals surface area contributed by atoms with Crippen LogP contribution in [0.5, 0.6) is 5.75 Å². The minimum Gasteiger partial charge on any atom is -0.426 e. The number of hydrogen-bond donors (Lipinski definition) is 1. The SMILES string of the molecule is CCCCCCCC(=O)Oc1ccc(Br)cc1-c1nnn[nH]1. The van der Waals surface area contributed by atoms with Gasteiger partial charge < -0.3 is 4.74 Å². The zero-order valence-electron chi connectivity index (χ0n) is 12.5. The van der Waals surface area contributed by atoms with Gasteiger partial charge in [-0.15, -0.1) is 5.10 Å². The molecule has 0 aliphatic carbocycles. The summed E-state index contributed by atoms with van der Waals surface area (Å²) in [7, 11) is 0. The van der Waals surface area contributed by atoms with Crippen LogP contribution in [-0.4, -0.2) is 26.6 Å². The molecule has 0 amide bonds. The van der Waals surface area contributed by atoms with Crippen LogP contribution in [0.15, 0.2) is 22.7 Å². The van der Waals surface area contributed by atoms with Crippen LogP contribution in [0.1, 0.15) is 45.4 Å². The van der Waals surface area contributed by atoms with Gasteiger partial charge >= 0.3 is 5.97 Å². The molecule has 0 fully saturated rings. The second-order valence-electron chi connectivity index (χ2n) is 5.03. The summed E-state index contributed by atoms with van der Waals surface area (Å²) < 4.78 is 6.32. The highest BCUT2D eigenvalue weighted by molar-refractivity contribution is 9.10. The van der Waals surface area contributed by atoms with Crippen molar-refractivity contribution in [2.75, 3.05) is 0 Å². The molecule has 0 saturated heterocycles. The fraction of sp³-hybridized carbons (Fsp3) is 0.467. The molecular formula is C15H19BrN4O2. The standard InChI is InChI=1S/C15H19BrN4O2/c1-2-3-4-5-6-7-14(21)22-13-9-8-11(16)10-12(13)15-17-19-20-18-15/h8-10H,2-7H2,1H3,(H,17,18,19,20). The van der Waals surface area contributed by atoms with E-state index < -0.39 is 0 Å². The highest BCUT2D eigenvalue weighted by atomic mass is 79.9. The van der Waals surface area contributed by atoms with Gasteiger partial charge in [0.2, 0.25) is 0 Å². The van der Waals surface area contributed by atoms with Crippen LogP contribution in [-0.2, 0) is 4.79 Å². The van der Waals surface area contributed by atoms with Gasteiger partial charge in [-0.2, -0.15) is 0 Å². The normalized spacial score (nSPS) is 10.6. The number of unbranched alkanes of at least 4 members (excludes halogenated alkanes) is 4. The third-order valence-electron chi connectivity index (χ3n) is 3.25.